The molecule has 7 heteroatoms. The number of carbonyl (C=O) groups is 1. The molecule has 18 heavy (non-hydrogen) atoms. The molecule has 1 N–H and O–H groups in total. The molecular weight excluding hydrogens is 323 g/mol. The van der Waals surface area contributed by atoms with Gasteiger partial charge in [-0.05, 0) is 18.2 Å². The average Bonchev–Trinajstić information content (AvgIpc) is 2.32. The van der Waals surface area contributed by atoms with Crippen molar-refractivity contribution in [3.63, 3.8) is 0 Å². The first-order valence-electron chi connectivity index (χ1n) is 4.74. The fourth-order valence-corrected chi connectivity index (χ4v) is 1.65. The van der Waals surface area contributed by atoms with E-state index in [2.05, 4.69) is 25.9 Å². The minimum absolute atomic E-state index is 0.0248. The molecule has 0 bridgehead atoms. The third-order valence-corrected chi connectivity index (χ3v) is 2.66. The van der Waals surface area contributed by atoms with E-state index in [0.717, 1.165) is 0 Å². The summed E-state index contributed by atoms with van der Waals surface area (Å²) in [5.74, 6) is -0.939. The molecule has 0 aliphatic carbocycles. The van der Waals surface area contributed by atoms with E-state index in [-0.39, 0.29) is 17.3 Å². The van der Waals surface area contributed by atoms with Crippen LogP contribution in [0.25, 0.3) is 0 Å². The molecule has 0 unspecified atom stereocenters. The summed E-state index contributed by atoms with van der Waals surface area (Å²) < 4.78 is 6.01. The number of benzene rings is 1. The average molecular weight is 330 g/mol. The Labute approximate surface area is 116 Å². The molecule has 0 atom stereocenters. The first kappa shape index (κ1) is 12.8. The predicted molar refractivity (Wildman–Crippen MR) is 68.2 cm³/mol. The lowest BCUT2D eigenvalue weighted by Crippen LogP contribution is -2.01. The van der Waals surface area contributed by atoms with E-state index in [4.69, 9.17) is 21.4 Å². The van der Waals surface area contributed by atoms with E-state index in [1.807, 2.05) is 0 Å². The van der Waals surface area contributed by atoms with Gasteiger partial charge in [0, 0.05) is 4.47 Å². The largest absolute Gasteiger partial charge is 0.478 e. The zero-order valence-electron chi connectivity index (χ0n) is 8.80. The summed E-state index contributed by atoms with van der Waals surface area (Å²) in [5, 5.41) is 9.39. The van der Waals surface area contributed by atoms with Crippen LogP contribution in [0.3, 0.4) is 0 Å². The van der Waals surface area contributed by atoms with E-state index < -0.39 is 5.97 Å². The van der Waals surface area contributed by atoms with Gasteiger partial charge in [-0.1, -0.05) is 27.5 Å². The van der Waals surface area contributed by atoms with Gasteiger partial charge < -0.3 is 9.84 Å². The van der Waals surface area contributed by atoms with Crippen molar-refractivity contribution < 1.29 is 14.6 Å². The fraction of sp³-hybridized carbons (Fsp3) is 0. The molecular formula is C11H6BrClN2O3. The maximum atomic E-state index is 11.0. The molecule has 0 aliphatic rings. The van der Waals surface area contributed by atoms with E-state index >= 15 is 0 Å². The molecule has 1 aromatic carbocycles. The minimum Gasteiger partial charge on any atom is -0.478 e. The van der Waals surface area contributed by atoms with E-state index in [1.165, 1.54) is 24.5 Å². The van der Waals surface area contributed by atoms with Crippen LogP contribution in [0.15, 0.2) is 35.1 Å². The summed E-state index contributed by atoms with van der Waals surface area (Å²) in [4.78, 5) is 18.7. The number of halogens is 2. The van der Waals surface area contributed by atoms with Crippen molar-refractivity contribution in [1.82, 2.24) is 9.97 Å². The minimum atomic E-state index is -1.09. The van der Waals surface area contributed by atoms with Crippen LogP contribution in [0.4, 0.5) is 0 Å². The zero-order valence-corrected chi connectivity index (χ0v) is 11.1. The van der Waals surface area contributed by atoms with E-state index in [1.54, 1.807) is 6.07 Å². The zero-order chi connectivity index (χ0) is 13.1. The number of aromatic nitrogens is 2. The Morgan fingerprint density at radius 1 is 1.33 bits per heavy atom. The summed E-state index contributed by atoms with van der Waals surface area (Å²) in [7, 11) is 0. The van der Waals surface area contributed by atoms with Crippen molar-refractivity contribution in [1.29, 1.82) is 0 Å². The van der Waals surface area contributed by atoms with Crippen molar-refractivity contribution in [2.24, 2.45) is 0 Å². The number of carboxylic acid groups (broad SMARTS) is 1. The van der Waals surface area contributed by atoms with Crippen molar-refractivity contribution in [3.8, 4) is 11.8 Å². The molecule has 2 rings (SSSR count). The highest BCUT2D eigenvalue weighted by Crippen LogP contribution is 2.27. The van der Waals surface area contributed by atoms with Gasteiger partial charge in [-0.3, -0.25) is 0 Å². The maximum absolute atomic E-state index is 11.0. The lowest BCUT2D eigenvalue weighted by atomic mass is 10.2. The number of carboxylic acids is 1. The first-order valence-corrected chi connectivity index (χ1v) is 5.91. The Balaban J connectivity index is 2.35. The third kappa shape index (κ3) is 2.96. The standard InChI is InChI=1S/C11H6BrClN2O3/c12-6-1-2-8(10(16)17)9(3-6)18-11-14-4-7(13)5-15-11/h1-5H,(H,16,17). The summed E-state index contributed by atoms with van der Waals surface area (Å²) >= 11 is 8.87. The maximum Gasteiger partial charge on any atom is 0.339 e. The molecule has 1 aromatic heterocycles. The molecule has 0 fully saturated rings. The topological polar surface area (TPSA) is 72.3 Å². The van der Waals surface area contributed by atoms with Crippen LogP contribution in [-0.2, 0) is 0 Å². The number of nitrogens with zero attached hydrogens (tertiary/aromatic N) is 2. The number of aromatic carboxylic acids is 1. The normalized spacial score (nSPS) is 10.1. The van der Waals surface area contributed by atoms with Crippen molar-refractivity contribution in [2.45, 2.75) is 0 Å². The quantitative estimate of drug-likeness (QED) is 0.934. The second-order valence-electron chi connectivity index (χ2n) is 3.23. The van der Waals surface area contributed by atoms with Crippen LogP contribution in [0.5, 0.6) is 11.8 Å². The van der Waals surface area contributed by atoms with Crippen LogP contribution in [0.2, 0.25) is 5.02 Å². The highest BCUT2D eigenvalue weighted by molar-refractivity contribution is 9.10. The molecule has 0 saturated carbocycles. The van der Waals surface area contributed by atoms with E-state index in [0.29, 0.717) is 9.50 Å². The van der Waals surface area contributed by atoms with Crippen molar-refractivity contribution in [3.05, 3.63) is 45.7 Å². The Hall–Kier alpha value is -1.66. The summed E-state index contributed by atoms with van der Waals surface area (Å²) in [6, 6.07) is 4.60. The number of hydrogen-bond acceptors (Lipinski definition) is 4. The van der Waals surface area contributed by atoms with Gasteiger partial charge in [-0.25, -0.2) is 14.8 Å². The highest BCUT2D eigenvalue weighted by atomic mass is 79.9. The van der Waals surface area contributed by atoms with Crippen LogP contribution >= 0.6 is 27.5 Å². The van der Waals surface area contributed by atoms with Crippen molar-refractivity contribution in [2.75, 3.05) is 0 Å². The van der Waals surface area contributed by atoms with Gasteiger partial charge in [-0.15, -0.1) is 0 Å². The second-order valence-corrected chi connectivity index (χ2v) is 4.58. The molecule has 2 aromatic rings. The SMILES string of the molecule is O=C(O)c1ccc(Br)cc1Oc1ncc(Cl)cn1. The molecule has 92 valence electrons. The highest BCUT2D eigenvalue weighted by Gasteiger charge is 2.13. The smallest absolute Gasteiger partial charge is 0.339 e. The molecule has 0 saturated heterocycles. The van der Waals surface area contributed by atoms with Gasteiger partial charge in [0.1, 0.15) is 11.3 Å². The monoisotopic (exact) mass is 328 g/mol. The Morgan fingerprint density at radius 3 is 2.61 bits per heavy atom. The van der Waals surface area contributed by atoms with Crippen LogP contribution in [0.1, 0.15) is 10.4 Å². The van der Waals surface area contributed by atoms with E-state index in [9.17, 15) is 4.79 Å². The Morgan fingerprint density at radius 2 is 2.00 bits per heavy atom. The third-order valence-electron chi connectivity index (χ3n) is 1.97. The summed E-state index contributed by atoms with van der Waals surface area (Å²) in [6.07, 6.45) is 2.73. The van der Waals surface area contributed by atoms with Gasteiger partial charge in [0.2, 0.25) is 0 Å². The fourth-order valence-electron chi connectivity index (χ4n) is 1.21. The molecule has 0 radical (unpaired) electrons. The number of rotatable bonds is 3. The van der Waals surface area contributed by atoms with Gasteiger partial charge in [-0.2, -0.15) is 0 Å². The number of hydrogen-bond donors (Lipinski definition) is 1. The lowest BCUT2D eigenvalue weighted by molar-refractivity contribution is 0.0694. The van der Waals surface area contributed by atoms with Crippen LogP contribution in [-0.4, -0.2) is 21.0 Å². The predicted octanol–water partition coefficient (Wildman–Crippen LogP) is 3.38. The molecule has 0 spiro atoms. The molecule has 1 heterocycles. The van der Waals surface area contributed by atoms with Gasteiger partial charge in [0.25, 0.3) is 0 Å². The Bertz CT molecular complexity index is 589. The van der Waals surface area contributed by atoms with Crippen LogP contribution < -0.4 is 4.74 Å². The van der Waals surface area contributed by atoms with Gasteiger partial charge in [0.05, 0.1) is 17.4 Å². The first-order chi connectivity index (χ1) is 8.56. The second kappa shape index (κ2) is 5.32. The van der Waals surface area contributed by atoms with Crippen molar-refractivity contribution >= 4 is 33.5 Å². The summed E-state index contributed by atoms with van der Waals surface area (Å²) in [6.45, 7) is 0. The molecule has 5 nitrogen and oxygen atoms in total. The lowest BCUT2D eigenvalue weighted by Gasteiger charge is -2.07. The van der Waals surface area contributed by atoms with Gasteiger partial charge >= 0.3 is 12.0 Å². The molecule has 0 amide bonds. The molecule has 0 aliphatic heterocycles. The van der Waals surface area contributed by atoms with Crippen LogP contribution in [0, 0.1) is 0 Å². The Kier molecular flexibility index (Phi) is 3.78. The summed E-state index contributed by atoms with van der Waals surface area (Å²) in [5.41, 5.74) is 0.0248. The number of ether oxygens (including phenoxy) is 1. The van der Waals surface area contributed by atoms with Gasteiger partial charge in [0.15, 0.2) is 0 Å².